The minimum absolute atomic E-state index is 0.152. The second kappa shape index (κ2) is 10.4. The van der Waals surface area contributed by atoms with Crippen LogP contribution in [-0.2, 0) is 31.2 Å². The number of aliphatic carboxylic acids is 1. The van der Waals surface area contributed by atoms with Gasteiger partial charge in [-0.25, -0.2) is 9.97 Å². The van der Waals surface area contributed by atoms with E-state index in [1.54, 1.807) is 7.11 Å². The van der Waals surface area contributed by atoms with Gasteiger partial charge in [-0.3, -0.25) is 9.48 Å². The Kier molecular flexibility index (Phi) is 7.68. The number of aryl methyl sites for hydroxylation is 3. The van der Waals surface area contributed by atoms with E-state index < -0.39 is 5.97 Å². The number of aromatic nitrogens is 4. The number of nitrogens with zero attached hydrogens (tertiary/aromatic N) is 4. The molecule has 0 bridgehead atoms. The molecule has 9 heteroatoms. The molecule has 166 valence electrons. The average Bonchev–Trinajstić information content (AvgIpc) is 3.05. The average molecular weight is 446 g/mol. The van der Waals surface area contributed by atoms with Crippen LogP contribution in [0.1, 0.15) is 49.7 Å². The van der Waals surface area contributed by atoms with Crippen LogP contribution < -0.4 is 10.1 Å². The van der Waals surface area contributed by atoms with Crippen LogP contribution in [0.4, 0.5) is 5.82 Å². The number of carboxylic acids is 1. The number of hydrogen-bond donors (Lipinski definition) is 2. The molecule has 0 radical (unpaired) electrons. The Labute approximate surface area is 186 Å². The molecule has 0 saturated heterocycles. The predicted molar refractivity (Wildman–Crippen MR) is 121 cm³/mol. The standard InChI is InChI=1S/C22H28ClN5O3/c1-4-7-16-20-21(28(2)27-16)22(26-18(25-20)8-5-6-9-19(29)30)24-13-14-10-11-17(31-3)15(23)12-14/h10-12H,4-9,13H2,1-3H3,(H,29,30)(H,24,25,26). The first-order valence-corrected chi connectivity index (χ1v) is 10.8. The fourth-order valence-corrected chi connectivity index (χ4v) is 3.77. The monoisotopic (exact) mass is 445 g/mol. The van der Waals surface area contributed by atoms with Crippen molar-refractivity contribution in [3.8, 4) is 5.75 Å². The van der Waals surface area contributed by atoms with E-state index in [0.29, 0.717) is 48.2 Å². The number of benzene rings is 1. The highest BCUT2D eigenvalue weighted by molar-refractivity contribution is 6.32. The van der Waals surface area contributed by atoms with Crippen molar-refractivity contribution in [1.82, 2.24) is 19.7 Å². The fourth-order valence-electron chi connectivity index (χ4n) is 3.49. The van der Waals surface area contributed by atoms with Crippen molar-refractivity contribution in [3.05, 3.63) is 40.3 Å². The summed E-state index contributed by atoms with van der Waals surface area (Å²) in [7, 11) is 3.48. The zero-order chi connectivity index (χ0) is 22.4. The van der Waals surface area contributed by atoms with Crippen LogP contribution >= 0.6 is 11.6 Å². The van der Waals surface area contributed by atoms with Crippen LogP contribution in [-0.4, -0.2) is 37.9 Å². The van der Waals surface area contributed by atoms with Crippen molar-refractivity contribution < 1.29 is 14.6 Å². The molecule has 8 nitrogen and oxygen atoms in total. The van der Waals surface area contributed by atoms with Crippen molar-refractivity contribution >= 4 is 34.4 Å². The van der Waals surface area contributed by atoms with Crippen molar-refractivity contribution in [3.63, 3.8) is 0 Å². The molecule has 0 aliphatic carbocycles. The molecule has 0 spiro atoms. The summed E-state index contributed by atoms with van der Waals surface area (Å²) in [6.45, 7) is 2.64. The van der Waals surface area contributed by atoms with Gasteiger partial charge >= 0.3 is 5.97 Å². The minimum atomic E-state index is -0.783. The Balaban J connectivity index is 1.88. The smallest absolute Gasteiger partial charge is 0.303 e. The molecule has 0 aliphatic heterocycles. The van der Waals surface area contributed by atoms with Crippen LogP contribution in [0, 0.1) is 0 Å². The Morgan fingerprint density at radius 2 is 2.06 bits per heavy atom. The number of fused-ring (bicyclic) bond motifs is 1. The van der Waals surface area contributed by atoms with E-state index in [1.165, 1.54) is 0 Å². The third-order valence-electron chi connectivity index (χ3n) is 5.00. The van der Waals surface area contributed by atoms with Gasteiger partial charge in [0, 0.05) is 26.4 Å². The highest BCUT2D eigenvalue weighted by Gasteiger charge is 2.17. The van der Waals surface area contributed by atoms with Gasteiger partial charge in [0.2, 0.25) is 0 Å². The first-order chi connectivity index (χ1) is 14.9. The summed E-state index contributed by atoms with van der Waals surface area (Å²) in [4.78, 5) is 20.3. The van der Waals surface area contributed by atoms with Crippen molar-refractivity contribution in [2.24, 2.45) is 7.05 Å². The van der Waals surface area contributed by atoms with Gasteiger partial charge in [-0.1, -0.05) is 31.0 Å². The molecule has 0 aliphatic rings. The predicted octanol–water partition coefficient (Wildman–Crippen LogP) is 4.39. The Hall–Kier alpha value is -2.87. The third kappa shape index (κ3) is 5.64. The zero-order valence-electron chi connectivity index (χ0n) is 18.1. The van der Waals surface area contributed by atoms with Crippen LogP contribution in [0.3, 0.4) is 0 Å². The van der Waals surface area contributed by atoms with Gasteiger partial charge in [0.05, 0.1) is 17.8 Å². The Bertz CT molecular complexity index is 1070. The van der Waals surface area contributed by atoms with E-state index in [4.69, 9.17) is 31.4 Å². The summed E-state index contributed by atoms with van der Waals surface area (Å²) in [5, 5.41) is 17.5. The zero-order valence-corrected chi connectivity index (χ0v) is 18.9. The number of rotatable bonds is 11. The molecule has 0 amide bonds. The van der Waals surface area contributed by atoms with E-state index in [0.717, 1.165) is 35.1 Å². The summed E-state index contributed by atoms with van der Waals surface area (Å²) in [6.07, 6.45) is 3.89. The number of carbonyl (C=O) groups is 1. The molecule has 0 fully saturated rings. The molecule has 1 aromatic carbocycles. The summed E-state index contributed by atoms with van der Waals surface area (Å²) in [5.74, 6) is 1.25. The molecular formula is C22H28ClN5O3. The molecular weight excluding hydrogens is 418 g/mol. The summed E-state index contributed by atoms with van der Waals surface area (Å²) < 4.78 is 7.04. The third-order valence-corrected chi connectivity index (χ3v) is 5.30. The number of nitrogens with one attached hydrogen (secondary N) is 1. The number of unbranched alkanes of at least 4 members (excludes halogenated alkanes) is 1. The van der Waals surface area contributed by atoms with Gasteiger partial charge in [-0.05, 0) is 37.0 Å². The normalized spacial score (nSPS) is 11.1. The highest BCUT2D eigenvalue weighted by atomic mass is 35.5. The van der Waals surface area contributed by atoms with Gasteiger partial charge in [0.15, 0.2) is 5.82 Å². The first kappa shape index (κ1) is 22.8. The number of hydrogen-bond acceptors (Lipinski definition) is 6. The second-order valence-corrected chi connectivity index (χ2v) is 7.84. The molecule has 31 heavy (non-hydrogen) atoms. The summed E-state index contributed by atoms with van der Waals surface area (Å²) in [6, 6.07) is 5.66. The maximum absolute atomic E-state index is 10.8. The van der Waals surface area contributed by atoms with E-state index in [-0.39, 0.29) is 6.42 Å². The van der Waals surface area contributed by atoms with Crippen molar-refractivity contribution in [2.75, 3.05) is 12.4 Å². The number of carboxylic acid groups (broad SMARTS) is 1. The van der Waals surface area contributed by atoms with Gasteiger partial charge in [0.1, 0.15) is 22.6 Å². The topological polar surface area (TPSA) is 102 Å². The molecule has 0 unspecified atom stereocenters. The molecule has 2 aromatic heterocycles. The van der Waals surface area contributed by atoms with E-state index in [9.17, 15) is 4.79 Å². The van der Waals surface area contributed by atoms with Gasteiger partial charge in [0.25, 0.3) is 0 Å². The molecule has 0 atom stereocenters. The van der Waals surface area contributed by atoms with Crippen molar-refractivity contribution in [2.45, 2.75) is 52.0 Å². The largest absolute Gasteiger partial charge is 0.495 e. The quantitative estimate of drug-likeness (QED) is 0.422. The van der Waals surface area contributed by atoms with E-state index >= 15 is 0 Å². The number of anilines is 1. The summed E-state index contributed by atoms with van der Waals surface area (Å²) >= 11 is 6.25. The molecule has 3 rings (SSSR count). The minimum Gasteiger partial charge on any atom is -0.495 e. The lowest BCUT2D eigenvalue weighted by molar-refractivity contribution is -0.137. The SMILES string of the molecule is CCCc1nn(C)c2c(NCc3ccc(OC)c(Cl)c3)nc(CCCCC(=O)O)nc12. The van der Waals surface area contributed by atoms with E-state index in [2.05, 4.69) is 17.3 Å². The Morgan fingerprint density at radius 3 is 2.74 bits per heavy atom. The maximum atomic E-state index is 10.8. The van der Waals surface area contributed by atoms with Crippen LogP contribution in [0.5, 0.6) is 5.75 Å². The summed E-state index contributed by atoms with van der Waals surface area (Å²) in [5.41, 5.74) is 3.65. The molecule has 2 N–H and O–H groups in total. The lowest BCUT2D eigenvalue weighted by Crippen LogP contribution is -2.08. The van der Waals surface area contributed by atoms with Crippen LogP contribution in [0.15, 0.2) is 18.2 Å². The first-order valence-electron chi connectivity index (χ1n) is 10.4. The second-order valence-electron chi connectivity index (χ2n) is 7.43. The Morgan fingerprint density at radius 1 is 1.26 bits per heavy atom. The number of halogens is 1. The highest BCUT2D eigenvalue weighted by Crippen LogP contribution is 2.27. The van der Waals surface area contributed by atoms with Gasteiger partial charge in [-0.15, -0.1) is 0 Å². The van der Waals surface area contributed by atoms with Crippen LogP contribution in [0.2, 0.25) is 5.02 Å². The van der Waals surface area contributed by atoms with Crippen molar-refractivity contribution in [1.29, 1.82) is 0 Å². The van der Waals surface area contributed by atoms with Crippen LogP contribution in [0.25, 0.3) is 11.0 Å². The van der Waals surface area contributed by atoms with Gasteiger partial charge in [-0.2, -0.15) is 5.10 Å². The number of ether oxygens (including phenoxy) is 1. The lowest BCUT2D eigenvalue weighted by Gasteiger charge is -2.11. The fraction of sp³-hybridized carbons (Fsp3) is 0.455. The van der Waals surface area contributed by atoms with E-state index in [1.807, 2.05) is 29.9 Å². The lowest BCUT2D eigenvalue weighted by atomic mass is 10.1. The van der Waals surface area contributed by atoms with Gasteiger partial charge < -0.3 is 15.2 Å². The maximum Gasteiger partial charge on any atom is 0.303 e. The molecule has 3 aromatic rings. The molecule has 2 heterocycles. The molecule has 0 saturated carbocycles. The number of methoxy groups -OCH3 is 1.